The average molecular weight is 489 g/mol. The van der Waals surface area contributed by atoms with Gasteiger partial charge in [-0.05, 0) is 51.1 Å². The van der Waals surface area contributed by atoms with Gasteiger partial charge in [-0.2, -0.15) is 9.46 Å². The molecule has 166 valence electrons. The van der Waals surface area contributed by atoms with E-state index in [1.165, 1.54) is 32.1 Å². The van der Waals surface area contributed by atoms with E-state index in [-0.39, 0.29) is 11.9 Å². The topological polar surface area (TPSA) is 62.5 Å². The van der Waals surface area contributed by atoms with E-state index in [0.29, 0.717) is 20.8 Å². The Bertz CT molecular complexity index is 865. The molecule has 0 fully saturated rings. The summed E-state index contributed by atoms with van der Waals surface area (Å²) in [5.41, 5.74) is 1.69. The van der Waals surface area contributed by atoms with Crippen molar-refractivity contribution in [2.24, 2.45) is 0 Å². The van der Waals surface area contributed by atoms with Crippen molar-refractivity contribution in [3.05, 3.63) is 30.1 Å². The Morgan fingerprint density at radius 3 is 1.37 bits per heavy atom. The third-order valence-electron chi connectivity index (χ3n) is 4.53. The van der Waals surface area contributed by atoms with Crippen LogP contribution < -0.4 is 9.68 Å². The minimum atomic E-state index is -0.238. The molecule has 0 aromatic carbocycles. The predicted molar refractivity (Wildman–Crippen MR) is 125 cm³/mol. The van der Waals surface area contributed by atoms with Crippen molar-refractivity contribution in [1.29, 1.82) is 0 Å². The summed E-state index contributed by atoms with van der Waals surface area (Å²) >= 11 is 13.0. The number of rotatable bonds is 13. The lowest BCUT2D eigenvalue weighted by Gasteiger charge is -2.06. The zero-order valence-electron chi connectivity index (χ0n) is 17.4. The van der Waals surface area contributed by atoms with Gasteiger partial charge in [-0.25, -0.2) is 9.59 Å². The van der Waals surface area contributed by atoms with Gasteiger partial charge in [0.25, 0.3) is 0 Å². The van der Waals surface area contributed by atoms with Crippen molar-refractivity contribution in [1.82, 2.24) is 9.46 Å². The van der Waals surface area contributed by atoms with Gasteiger partial charge in [-0.1, -0.05) is 38.5 Å². The van der Waals surface area contributed by atoms with Gasteiger partial charge in [0.15, 0.2) is 7.91 Å². The van der Waals surface area contributed by atoms with Crippen LogP contribution in [-0.2, 0) is 9.59 Å². The first kappa shape index (κ1) is 24.9. The number of aryl methyl sites for hydroxylation is 2. The molecule has 0 aliphatic heterocycles. The maximum absolute atomic E-state index is 11.9. The fourth-order valence-corrected chi connectivity index (χ4v) is 4.80. The molecule has 0 atom stereocenters. The van der Waals surface area contributed by atoms with Crippen molar-refractivity contribution in [2.45, 2.75) is 78.1 Å². The highest BCUT2D eigenvalue weighted by molar-refractivity contribution is 7.73. The van der Waals surface area contributed by atoms with Crippen LogP contribution >= 0.6 is 47.1 Å². The highest BCUT2D eigenvalue weighted by atomic mass is 32.2. The van der Waals surface area contributed by atoms with Gasteiger partial charge in [-0.3, -0.25) is 0 Å². The third kappa shape index (κ3) is 8.41. The monoisotopic (exact) mass is 488 g/mol. The molecule has 0 N–H and O–H groups in total. The second-order valence-corrected chi connectivity index (χ2v) is 10.1. The average Bonchev–Trinajstić information content (AvgIpc) is 3.19. The molecule has 0 amide bonds. The number of hydrogen-bond acceptors (Lipinski definition) is 8. The molecule has 0 spiro atoms. The Morgan fingerprint density at radius 2 is 1.07 bits per heavy atom. The van der Waals surface area contributed by atoms with Gasteiger partial charge < -0.3 is 9.68 Å². The second-order valence-electron chi connectivity index (χ2n) is 7.13. The summed E-state index contributed by atoms with van der Waals surface area (Å²) in [6.45, 7) is 3.73. The molecule has 2 rings (SSSR count). The van der Waals surface area contributed by atoms with Gasteiger partial charge in [0, 0.05) is 23.6 Å². The van der Waals surface area contributed by atoms with E-state index in [4.69, 9.17) is 34.1 Å². The van der Waals surface area contributed by atoms with Crippen LogP contribution in [0.3, 0.4) is 0 Å². The molecule has 0 aliphatic carbocycles. The fraction of sp³-hybridized carbons (Fsp3) is 0.600. The minimum absolute atomic E-state index is 0.238. The molecule has 2 heterocycles. The second kappa shape index (κ2) is 13.1. The van der Waals surface area contributed by atoms with Crippen molar-refractivity contribution in [3.63, 3.8) is 0 Å². The standard InChI is InChI=1S/C20H28N2O4S4/c1-15-13-29-19(27)21(15)25-17(23)11-9-7-5-3-4-6-8-10-12-18(24)26-22-16(2)14-30-20(22)28/h13-14H,3-12H2,1-2H3. The van der Waals surface area contributed by atoms with E-state index in [0.717, 1.165) is 62.8 Å². The molecule has 6 nitrogen and oxygen atoms in total. The number of aromatic nitrogens is 2. The van der Waals surface area contributed by atoms with Gasteiger partial charge in [0.1, 0.15) is 0 Å². The zero-order chi connectivity index (χ0) is 21.9. The summed E-state index contributed by atoms with van der Waals surface area (Å²) < 4.78 is 3.96. The van der Waals surface area contributed by atoms with Gasteiger partial charge >= 0.3 is 11.9 Å². The van der Waals surface area contributed by atoms with Crippen molar-refractivity contribution in [3.8, 4) is 0 Å². The Balaban J connectivity index is 1.44. The maximum atomic E-state index is 11.9. The Hall–Kier alpha value is -1.36. The largest absolute Gasteiger partial charge is 0.335 e. The highest BCUT2D eigenvalue weighted by Crippen LogP contribution is 2.13. The predicted octanol–water partition coefficient (Wildman–Crippen LogP) is 6.00. The van der Waals surface area contributed by atoms with E-state index < -0.39 is 0 Å². The van der Waals surface area contributed by atoms with Crippen LogP contribution in [0.4, 0.5) is 0 Å². The number of carbonyl (C=O) groups is 2. The molecular weight excluding hydrogens is 460 g/mol. The molecule has 0 unspecified atom stereocenters. The van der Waals surface area contributed by atoms with E-state index in [9.17, 15) is 9.59 Å². The van der Waals surface area contributed by atoms with Crippen LogP contribution in [0.25, 0.3) is 0 Å². The van der Waals surface area contributed by atoms with E-state index in [2.05, 4.69) is 0 Å². The third-order valence-corrected chi connectivity index (χ3v) is 7.09. The van der Waals surface area contributed by atoms with Crippen LogP contribution in [-0.4, -0.2) is 21.4 Å². The Labute approximate surface area is 195 Å². The molecule has 0 saturated heterocycles. The Kier molecular flexibility index (Phi) is 10.9. The molecule has 0 aliphatic rings. The molecular formula is C20H28N2O4S4. The number of carbonyl (C=O) groups excluding carboxylic acids is 2. The lowest BCUT2D eigenvalue weighted by Crippen LogP contribution is -2.20. The number of nitrogens with zero attached hydrogens (tertiary/aromatic N) is 2. The van der Waals surface area contributed by atoms with Crippen LogP contribution in [0.2, 0.25) is 0 Å². The molecule has 0 bridgehead atoms. The summed E-state index contributed by atoms with van der Waals surface area (Å²) in [4.78, 5) is 34.4. The summed E-state index contributed by atoms with van der Waals surface area (Å²) in [5.74, 6) is -0.475. The fourth-order valence-electron chi connectivity index (χ4n) is 2.86. The quantitative estimate of drug-likeness (QED) is 0.254. The van der Waals surface area contributed by atoms with Crippen LogP contribution in [0, 0.1) is 21.8 Å². The van der Waals surface area contributed by atoms with Gasteiger partial charge in [-0.15, -0.1) is 22.7 Å². The van der Waals surface area contributed by atoms with Gasteiger partial charge in [0.05, 0.1) is 11.4 Å². The molecule has 30 heavy (non-hydrogen) atoms. The van der Waals surface area contributed by atoms with Crippen LogP contribution in [0.15, 0.2) is 10.8 Å². The Morgan fingerprint density at radius 1 is 0.733 bits per heavy atom. The lowest BCUT2D eigenvalue weighted by atomic mass is 10.1. The normalized spacial score (nSPS) is 10.9. The van der Waals surface area contributed by atoms with Crippen molar-refractivity contribution in [2.75, 3.05) is 0 Å². The number of hydrogen-bond donors (Lipinski definition) is 0. The SMILES string of the molecule is Cc1csc(=S)n1OC(=O)CCCCCCCCCCC(=O)On1c(C)csc1=S. The van der Waals surface area contributed by atoms with E-state index >= 15 is 0 Å². The summed E-state index contributed by atoms with van der Waals surface area (Å²) in [7, 11) is 0. The summed E-state index contributed by atoms with van der Waals surface area (Å²) in [5, 5.41) is 3.75. The number of thiazole rings is 2. The van der Waals surface area contributed by atoms with Crippen molar-refractivity contribution >= 4 is 59.0 Å². The first-order valence-corrected chi connectivity index (χ1v) is 12.7. The summed E-state index contributed by atoms with van der Waals surface area (Å²) in [6, 6.07) is 0. The molecule has 2 aromatic heterocycles. The van der Waals surface area contributed by atoms with Crippen LogP contribution in [0.5, 0.6) is 0 Å². The first-order chi connectivity index (χ1) is 14.4. The highest BCUT2D eigenvalue weighted by Gasteiger charge is 2.09. The van der Waals surface area contributed by atoms with E-state index in [1.54, 1.807) is 0 Å². The van der Waals surface area contributed by atoms with Gasteiger partial charge in [0.2, 0.25) is 0 Å². The first-order valence-electron chi connectivity index (χ1n) is 10.1. The van der Waals surface area contributed by atoms with Crippen LogP contribution in [0.1, 0.15) is 75.6 Å². The maximum Gasteiger partial charge on any atom is 0.332 e. The smallest absolute Gasteiger partial charge is 0.332 e. The molecule has 2 aromatic rings. The molecule has 10 heteroatoms. The lowest BCUT2D eigenvalue weighted by molar-refractivity contribution is -0.145. The minimum Gasteiger partial charge on any atom is -0.335 e. The zero-order valence-corrected chi connectivity index (χ0v) is 20.7. The van der Waals surface area contributed by atoms with E-state index in [1.807, 2.05) is 24.6 Å². The van der Waals surface area contributed by atoms with Crippen molar-refractivity contribution < 1.29 is 19.3 Å². The number of unbranched alkanes of at least 4 members (excludes halogenated alkanes) is 7. The molecule has 0 saturated carbocycles. The molecule has 0 radical (unpaired) electrons. The summed E-state index contributed by atoms with van der Waals surface area (Å²) in [6.07, 6.45) is 8.96.